The van der Waals surface area contributed by atoms with E-state index in [1.807, 2.05) is 38.4 Å². The minimum absolute atomic E-state index is 0. The highest BCUT2D eigenvalue weighted by atomic mass is 127. The lowest BCUT2D eigenvalue weighted by atomic mass is 10.1. The van der Waals surface area contributed by atoms with Crippen molar-refractivity contribution in [2.24, 2.45) is 4.99 Å². The number of guanidine groups is 1. The summed E-state index contributed by atoms with van der Waals surface area (Å²) < 4.78 is 13.2. The largest absolute Gasteiger partial charge is 0.354 e. The van der Waals surface area contributed by atoms with Gasteiger partial charge in [-0.3, -0.25) is 9.79 Å². The molecule has 2 N–H and O–H groups in total. The van der Waals surface area contributed by atoms with E-state index in [0.717, 1.165) is 11.1 Å². The molecule has 2 rings (SSSR count). The van der Waals surface area contributed by atoms with E-state index in [2.05, 4.69) is 20.5 Å². The fraction of sp³-hybridized carbons (Fsp3) is 0.364. The van der Waals surface area contributed by atoms with Crippen LogP contribution in [0.25, 0.3) is 0 Å². The highest BCUT2D eigenvalue weighted by molar-refractivity contribution is 14.0. The van der Waals surface area contributed by atoms with Crippen molar-refractivity contribution in [1.82, 2.24) is 20.4 Å². The van der Waals surface area contributed by atoms with E-state index in [4.69, 9.17) is 0 Å². The molecule has 0 fully saturated rings. The molecule has 1 amide bonds. The molecule has 6 nitrogen and oxygen atoms in total. The molecule has 30 heavy (non-hydrogen) atoms. The number of nitrogens with zero attached hydrogens (tertiary/aromatic N) is 3. The zero-order valence-corrected chi connectivity index (χ0v) is 20.5. The molecule has 0 heterocycles. The van der Waals surface area contributed by atoms with Gasteiger partial charge in [-0.15, -0.1) is 24.0 Å². The van der Waals surface area contributed by atoms with E-state index < -0.39 is 0 Å². The van der Waals surface area contributed by atoms with Crippen LogP contribution in [-0.4, -0.2) is 63.4 Å². The monoisotopic (exact) mass is 527 g/mol. The fourth-order valence-electron chi connectivity index (χ4n) is 2.91. The summed E-state index contributed by atoms with van der Waals surface area (Å²) in [5.41, 5.74) is 2.74. The SMILES string of the molecule is CN=C(NCc1ccc(C(=O)N(C)C)cc1)NCC(c1ccc(F)cc1)N(C)C.I. The quantitative estimate of drug-likeness (QED) is 0.330. The molecule has 0 aliphatic heterocycles. The van der Waals surface area contributed by atoms with Gasteiger partial charge in [0.2, 0.25) is 0 Å². The Bertz CT molecular complexity index is 822. The van der Waals surface area contributed by atoms with Crippen LogP contribution in [0.15, 0.2) is 53.5 Å². The smallest absolute Gasteiger partial charge is 0.253 e. The van der Waals surface area contributed by atoms with Gasteiger partial charge in [0.25, 0.3) is 5.91 Å². The van der Waals surface area contributed by atoms with Gasteiger partial charge in [-0.25, -0.2) is 4.39 Å². The van der Waals surface area contributed by atoms with Gasteiger partial charge in [-0.05, 0) is 49.5 Å². The van der Waals surface area contributed by atoms with Gasteiger partial charge in [0.1, 0.15) is 5.82 Å². The number of halogens is 2. The van der Waals surface area contributed by atoms with Crippen LogP contribution in [0.3, 0.4) is 0 Å². The second-order valence-electron chi connectivity index (χ2n) is 7.23. The maximum absolute atomic E-state index is 13.2. The molecule has 164 valence electrons. The normalized spacial score (nSPS) is 12.2. The Hall–Kier alpha value is -2.20. The number of nitrogens with one attached hydrogen (secondary N) is 2. The Kier molecular flexibility index (Phi) is 10.8. The summed E-state index contributed by atoms with van der Waals surface area (Å²) in [7, 11) is 9.17. The number of hydrogen-bond donors (Lipinski definition) is 2. The van der Waals surface area contributed by atoms with Crippen molar-refractivity contribution < 1.29 is 9.18 Å². The first-order valence-electron chi connectivity index (χ1n) is 9.48. The Morgan fingerprint density at radius 3 is 2.10 bits per heavy atom. The third kappa shape index (κ3) is 7.56. The summed E-state index contributed by atoms with van der Waals surface area (Å²) >= 11 is 0. The molecule has 0 aromatic heterocycles. The van der Waals surface area contributed by atoms with Crippen LogP contribution in [0, 0.1) is 5.82 Å². The second kappa shape index (κ2) is 12.5. The lowest BCUT2D eigenvalue weighted by molar-refractivity contribution is 0.0827. The average molecular weight is 527 g/mol. The van der Waals surface area contributed by atoms with Crippen molar-refractivity contribution in [2.45, 2.75) is 12.6 Å². The van der Waals surface area contributed by atoms with Crippen molar-refractivity contribution >= 4 is 35.8 Å². The number of carbonyl (C=O) groups is 1. The van der Waals surface area contributed by atoms with Crippen LogP contribution >= 0.6 is 24.0 Å². The van der Waals surface area contributed by atoms with Gasteiger partial charge in [0, 0.05) is 39.8 Å². The van der Waals surface area contributed by atoms with Gasteiger partial charge in [0.15, 0.2) is 5.96 Å². The Labute approximate surface area is 195 Å². The van der Waals surface area contributed by atoms with E-state index >= 15 is 0 Å². The van der Waals surface area contributed by atoms with Gasteiger partial charge in [-0.1, -0.05) is 24.3 Å². The Morgan fingerprint density at radius 2 is 1.60 bits per heavy atom. The van der Waals surface area contributed by atoms with Gasteiger partial charge in [-0.2, -0.15) is 0 Å². The molecule has 2 aromatic rings. The summed E-state index contributed by atoms with van der Waals surface area (Å²) in [4.78, 5) is 19.9. The van der Waals surface area contributed by atoms with Gasteiger partial charge in [0.05, 0.1) is 6.04 Å². The molecule has 0 spiro atoms. The molecule has 0 bridgehead atoms. The van der Waals surface area contributed by atoms with Crippen molar-refractivity contribution in [3.05, 3.63) is 71.0 Å². The zero-order chi connectivity index (χ0) is 21.4. The lowest BCUT2D eigenvalue weighted by Crippen LogP contribution is -2.41. The molecular weight excluding hydrogens is 496 g/mol. The van der Waals surface area contributed by atoms with Gasteiger partial charge >= 0.3 is 0 Å². The summed E-state index contributed by atoms with van der Waals surface area (Å²) in [5.74, 6) is 0.417. The molecule has 0 aliphatic rings. The van der Waals surface area contributed by atoms with Crippen molar-refractivity contribution in [2.75, 3.05) is 41.8 Å². The second-order valence-corrected chi connectivity index (χ2v) is 7.23. The number of hydrogen-bond acceptors (Lipinski definition) is 3. The highest BCUT2D eigenvalue weighted by Crippen LogP contribution is 2.17. The predicted octanol–water partition coefficient (Wildman–Crippen LogP) is 3.11. The van der Waals surface area contributed by atoms with Crippen LogP contribution < -0.4 is 10.6 Å². The first kappa shape index (κ1) is 25.8. The van der Waals surface area contributed by atoms with Crippen molar-refractivity contribution in [3.63, 3.8) is 0 Å². The van der Waals surface area contributed by atoms with Crippen molar-refractivity contribution in [3.8, 4) is 0 Å². The number of aliphatic imine (C=N–C) groups is 1. The number of amides is 1. The number of rotatable bonds is 7. The third-order valence-electron chi connectivity index (χ3n) is 4.63. The summed E-state index contributed by atoms with van der Waals surface area (Å²) in [6.45, 7) is 1.20. The van der Waals surface area contributed by atoms with E-state index in [-0.39, 0.29) is 41.7 Å². The van der Waals surface area contributed by atoms with Crippen molar-refractivity contribution in [1.29, 1.82) is 0 Å². The van der Waals surface area contributed by atoms with E-state index in [9.17, 15) is 9.18 Å². The average Bonchev–Trinajstić information content (AvgIpc) is 2.71. The topological polar surface area (TPSA) is 60.0 Å². The zero-order valence-electron chi connectivity index (χ0n) is 18.1. The third-order valence-corrected chi connectivity index (χ3v) is 4.63. The number of likely N-dealkylation sites (N-methyl/N-ethyl adjacent to an activating group) is 1. The number of carbonyl (C=O) groups excluding carboxylic acids is 1. The molecular formula is C22H31FIN5O. The molecule has 0 aliphatic carbocycles. The molecule has 0 radical (unpaired) electrons. The fourth-order valence-corrected chi connectivity index (χ4v) is 2.91. The Balaban J connectivity index is 0.00000450. The predicted molar refractivity (Wildman–Crippen MR) is 131 cm³/mol. The molecule has 0 saturated heterocycles. The molecule has 2 aromatic carbocycles. The summed E-state index contributed by atoms with van der Waals surface area (Å²) in [6, 6.07) is 14.1. The van der Waals surface area contributed by atoms with Crippen LogP contribution in [-0.2, 0) is 6.54 Å². The molecule has 1 atom stereocenters. The maximum Gasteiger partial charge on any atom is 0.253 e. The van der Waals surface area contributed by atoms with Crippen LogP contribution in [0.4, 0.5) is 4.39 Å². The first-order chi connectivity index (χ1) is 13.8. The summed E-state index contributed by atoms with van der Waals surface area (Å²) in [5, 5.41) is 6.60. The molecule has 1 unspecified atom stereocenters. The van der Waals surface area contributed by atoms with Crippen LogP contribution in [0.1, 0.15) is 27.5 Å². The van der Waals surface area contributed by atoms with Crippen LogP contribution in [0.2, 0.25) is 0 Å². The minimum atomic E-state index is -0.241. The standard InChI is InChI=1S/C22H30FN5O.HI/c1-24-22(25-14-16-6-8-18(9-7-16)21(29)28(4)5)26-15-20(27(2)3)17-10-12-19(23)13-11-17;/h6-13,20H,14-15H2,1-5H3,(H2,24,25,26);1H. The van der Waals surface area contributed by atoms with Gasteiger partial charge < -0.3 is 20.4 Å². The summed E-state index contributed by atoms with van der Waals surface area (Å²) in [6.07, 6.45) is 0. The minimum Gasteiger partial charge on any atom is -0.354 e. The van der Waals surface area contributed by atoms with Crippen LogP contribution in [0.5, 0.6) is 0 Å². The molecule has 0 saturated carbocycles. The van der Waals surface area contributed by atoms with E-state index in [0.29, 0.717) is 24.6 Å². The maximum atomic E-state index is 13.2. The Morgan fingerprint density at radius 1 is 1.00 bits per heavy atom. The lowest BCUT2D eigenvalue weighted by Gasteiger charge is -2.26. The van der Waals surface area contributed by atoms with E-state index in [1.54, 1.807) is 38.2 Å². The number of benzene rings is 2. The first-order valence-corrected chi connectivity index (χ1v) is 9.48. The highest BCUT2D eigenvalue weighted by Gasteiger charge is 2.15. The van der Waals surface area contributed by atoms with E-state index in [1.165, 1.54) is 12.1 Å². The molecule has 8 heteroatoms.